The van der Waals surface area contributed by atoms with Gasteiger partial charge in [0.1, 0.15) is 0 Å². The molecule has 46 heavy (non-hydrogen) atoms. The van der Waals surface area contributed by atoms with E-state index in [0.717, 1.165) is 31.6 Å². The lowest BCUT2D eigenvalue weighted by Crippen LogP contribution is -2.63. The highest BCUT2D eigenvalue weighted by Crippen LogP contribution is 2.59. The molecule has 2 aliphatic rings. The van der Waals surface area contributed by atoms with E-state index in [0.29, 0.717) is 35.7 Å². The molecule has 2 fully saturated rings. The fourth-order valence-corrected chi connectivity index (χ4v) is 15.5. The average molecular weight is 693 g/mol. The second-order valence-corrected chi connectivity index (χ2v) is 20.5. The molecule has 2 saturated carbocycles. The Bertz CT molecular complexity index is 1040. The number of carbonyl (C=O) groups is 3. The van der Waals surface area contributed by atoms with Gasteiger partial charge in [0.05, 0.1) is 27.2 Å². The van der Waals surface area contributed by atoms with Gasteiger partial charge in [0.15, 0.2) is 17.3 Å². The molecule has 0 aromatic heterocycles. The van der Waals surface area contributed by atoms with Crippen molar-refractivity contribution in [2.45, 2.75) is 149 Å². The molecular formula is C36H64O7Si3. The normalized spacial score (nSPS) is 28.4. The number of ether oxygens (including phenoxy) is 1. The number of carbonyl (C=O) groups excluding carboxylic acids is 3. The predicted molar refractivity (Wildman–Crippen MR) is 195 cm³/mol. The van der Waals surface area contributed by atoms with Crippen molar-refractivity contribution in [1.82, 2.24) is 0 Å². The van der Waals surface area contributed by atoms with E-state index in [1.807, 2.05) is 20.8 Å². The maximum atomic E-state index is 12.0. The highest BCUT2D eigenvalue weighted by molar-refractivity contribution is 6.60. The zero-order valence-electron chi connectivity index (χ0n) is 30.3. The molecule has 2 unspecified atom stereocenters. The third kappa shape index (κ3) is 12.7. The first-order chi connectivity index (χ1) is 21.9. The average Bonchev–Trinajstić information content (AvgIpc) is 2.99. The molecule has 262 valence electrons. The molecule has 0 spiro atoms. The van der Waals surface area contributed by atoms with Crippen LogP contribution in [0.25, 0.3) is 0 Å². The standard InChI is InChI=1S/C36H64O7Si3/c1-9-11-12-13-15-32-17-19-33(20-18-32)34-16-14-21-35(40-22-10-2,44-41-29(6)23-26(3)37)36(34,45-42-30(7)24-27(4)38)46-43-31(8)25-28(5)39/h23-25,32-34H,9-22,44-46H2,1-8H3. The lowest BCUT2D eigenvalue weighted by molar-refractivity contribution is -0.113. The number of hydrogen-bond donors (Lipinski definition) is 0. The Kier molecular flexibility index (Phi) is 18.1. The summed E-state index contributed by atoms with van der Waals surface area (Å²) in [6, 6.07) is 0. The lowest BCUT2D eigenvalue weighted by Gasteiger charge is -2.58. The van der Waals surface area contributed by atoms with Gasteiger partial charge in [0, 0.05) is 24.8 Å². The van der Waals surface area contributed by atoms with Crippen molar-refractivity contribution in [2.24, 2.45) is 17.8 Å². The summed E-state index contributed by atoms with van der Waals surface area (Å²) >= 11 is 0. The summed E-state index contributed by atoms with van der Waals surface area (Å²) in [5.74, 6) is 3.62. The number of hydrogen-bond acceptors (Lipinski definition) is 7. The predicted octanol–water partition coefficient (Wildman–Crippen LogP) is 6.58. The van der Waals surface area contributed by atoms with Crippen LogP contribution in [0.1, 0.15) is 139 Å². The van der Waals surface area contributed by atoms with Gasteiger partial charge in [-0.2, -0.15) is 0 Å². The maximum absolute atomic E-state index is 12.0. The topological polar surface area (TPSA) is 88.1 Å². The van der Waals surface area contributed by atoms with Gasteiger partial charge >= 0.3 is 0 Å². The van der Waals surface area contributed by atoms with Crippen molar-refractivity contribution < 1.29 is 32.4 Å². The summed E-state index contributed by atoms with van der Waals surface area (Å²) in [6.45, 7) is 15.3. The molecule has 0 aromatic rings. The van der Waals surface area contributed by atoms with Gasteiger partial charge in [-0.3, -0.25) is 14.4 Å². The molecule has 2 atom stereocenters. The highest BCUT2D eigenvalue weighted by atomic mass is 28.3. The zero-order valence-corrected chi connectivity index (χ0v) is 34.6. The third-order valence-electron chi connectivity index (χ3n) is 10.1. The minimum absolute atomic E-state index is 0.0251. The van der Waals surface area contributed by atoms with E-state index in [1.165, 1.54) is 57.8 Å². The van der Waals surface area contributed by atoms with Crippen LogP contribution in [-0.2, 0) is 32.4 Å². The van der Waals surface area contributed by atoms with Gasteiger partial charge in [-0.15, -0.1) is 0 Å². The van der Waals surface area contributed by atoms with Crippen LogP contribution in [0.3, 0.4) is 0 Å². The minimum atomic E-state index is -1.39. The van der Waals surface area contributed by atoms with Crippen LogP contribution in [0.5, 0.6) is 0 Å². The SMILES string of the molecule is CCCCCCC1CCC(C2CCCC(OCCC)([SiH2]OC(C)=CC(C)=O)C2([SiH2]OC(C)=CC(C)=O)[SiH2]OC(C)=CC(C)=O)CC1. The van der Waals surface area contributed by atoms with E-state index in [9.17, 15) is 14.4 Å². The molecule has 0 aliphatic heterocycles. The summed E-state index contributed by atoms with van der Waals surface area (Å²) in [4.78, 5) is 36.0. The monoisotopic (exact) mass is 692 g/mol. The number of rotatable bonds is 21. The number of allylic oxidation sites excluding steroid dienone is 6. The summed E-state index contributed by atoms with van der Waals surface area (Å²) < 4.78 is 26.7. The summed E-state index contributed by atoms with van der Waals surface area (Å²) in [7, 11) is -4.15. The fraction of sp³-hybridized carbons (Fsp3) is 0.750. The minimum Gasteiger partial charge on any atom is -0.552 e. The summed E-state index contributed by atoms with van der Waals surface area (Å²) in [6.07, 6.45) is 20.3. The highest BCUT2D eigenvalue weighted by Gasteiger charge is 2.63. The van der Waals surface area contributed by atoms with Crippen LogP contribution in [0, 0.1) is 17.8 Å². The van der Waals surface area contributed by atoms with Crippen LogP contribution in [0.2, 0.25) is 4.66 Å². The fourth-order valence-electron chi connectivity index (χ4n) is 7.89. The van der Waals surface area contributed by atoms with E-state index in [4.69, 9.17) is 18.0 Å². The molecule has 7 nitrogen and oxygen atoms in total. The lowest BCUT2D eigenvalue weighted by atomic mass is 9.68. The van der Waals surface area contributed by atoms with E-state index in [-0.39, 0.29) is 22.0 Å². The van der Waals surface area contributed by atoms with Crippen LogP contribution in [0.15, 0.2) is 35.5 Å². The Morgan fingerprint density at radius 1 is 0.674 bits per heavy atom. The molecule has 0 amide bonds. The Labute approximate surface area is 286 Å². The first-order valence-corrected chi connectivity index (χ1v) is 21.8. The molecule has 0 heterocycles. The first kappa shape index (κ1) is 40.4. The molecule has 0 radical (unpaired) electrons. The van der Waals surface area contributed by atoms with Crippen LogP contribution in [0.4, 0.5) is 0 Å². The Morgan fingerprint density at radius 2 is 1.20 bits per heavy atom. The van der Waals surface area contributed by atoms with Gasteiger partial charge < -0.3 is 18.0 Å². The van der Waals surface area contributed by atoms with Crippen molar-refractivity contribution in [3.05, 3.63) is 35.5 Å². The first-order valence-electron chi connectivity index (χ1n) is 18.0. The van der Waals surface area contributed by atoms with E-state index >= 15 is 0 Å². The molecule has 0 N–H and O–H groups in total. The molecule has 0 saturated heterocycles. The quantitative estimate of drug-likeness (QED) is 0.0581. The van der Waals surface area contributed by atoms with Crippen LogP contribution in [-0.4, -0.2) is 58.5 Å². The third-order valence-corrected chi connectivity index (χ3v) is 19.2. The Morgan fingerprint density at radius 3 is 1.67 bits per heavy atom. The molecule has 0 bridgehead atoms. The molecule has 2 aliphatic carbocycles. The van der Waals surface area contributed by atoms with Gasteiger partial charge in [0.25, 0.3) is 9.76 Å². The molecular weight excluding hydrogens is 629 g/mol. The van der Waals surface area contributed by atoms with Crippen molar-refractivity contribution in [3.63, 3.8) is 0 Å². The summed E-state index contributed by atoms with van der Waals surface area (Å²) in [5.41, 5.74) is 0. The second kappa shape index (κ2) is 20.6. The summed E-state index contributed by atoms with van der Waals surface area (Å²) in [5, 5.41) is -0.514. The van der Waals surface area contributed by atoms with E-state index in [1.54, 1.807) is 39.0 Å². The van der Waals surface area contributed by atoms with Gasteiger partial charge in [0.2, 0.25) is 19.5 Å². The maximum Gasteiger partial charge on any atom is 0.250 e. The van der Waals surface area contributed by atoms with Crippen LogP contribution < -0.4 is 0 Å². The zero-order chi connectivity index (χ0) is 34.2. The van der Waals surface area contributed by atoms with Crippen LogP contribution >= 0.6 is 0 Å². The molecule has 10 heteroatoms. The van der Waals surface area contributed by atoms with Gasteiger partial charge in [-0.25, -0.2) is 0 Å². The van der Waals surface area contributed by atoms with Crippen molar-refractivity contribution in [3.8, 4) is 0 Å². The number of ketones is 3. The second-order valence-electron chi connectivity index (χ2n) is 14.1. The van der Waals surface area contributed by atoms with E-state index in [2.05, 4.69) is 13.8 Å². The van der Waals surface area contributed by atoms with E-state index < -0.39 is 34.5 Å². The molecule has 2 rings (SSSR count). The van der Waals surface area contributed by atoms with Gasteiger partial charge in [-0.1, -0.05) is 65.2 Å². The largest absolute Gasteiger partial charge is 0.552 e. The van der Waals surface area contributed by atoms with Crippen molar-refractivity contribution in [2.75, 3.05) is 6.61 Å². The van der Waals surface area contributed by atoms with Crippen molar-refractivity contribution >= 4 is 46.6 Å². The molecule has 0 aromatic carbocycles. The number of unbranched alkanes of at least 4 members (excludes halogenated alkanes) is 3. The smallest absolute Gasteiger partial charge is 0.250 e. The van der Waals surface area contributed by atoms with Gasteiger partial charge in [-0.05, 0) is 91.4 Å². The Hall–Kier alpha value is -1.76. The van der Waals surface area contributed by atoms with Crippen molar-refractivity contribution in [1.29, 1.82) is 0 Å². The Balaban J connectivity index is 2.61.